The molecule has 1 aromatic carbocycles. The lowest BCUT2D eigenvalue weighted by Crippen LogP contribution is -2.34. The molecule has 1 aliphatic rings. The zero-order valence-corrected chi connectivity index (χ0v) is 11.9. The SMILES string of the molecule is CCCC1(c2ccccc2)OC1(CC)C(=O)OCC. The van der Waals surface area contributed by atoms with E-state index in [0.29, 0.717) is 13.0 Å². The number of carbonyl (C=O) groups is 1. The van der Waals surface area contributed by atoms with E-state index in [1.54, 1.807) is 0 Å². The largest absolute Gasteiger partial charge is 0.464 e. The zero-order chi connectivity index (χ0) is 13.9. The molecule has 3 heteroatoms. The van der Waals surface area contributed by atoms with Gasteiger partial charge in [-0.3, -0.25) is 0 Å². The van der Waals surface area contributed by atoms with Gasteiger partial charge in [0, 0.05) is 0 Å². The van der Waals surface area contributed by atoms with E-state index in [1.165, 1.54) is 0 Å². The lowest BCUT2D eigenvalue weighted by Gasteiger charge is -2.18. The molecule has 0 aromatic heterocycles. The van der Waals surface area contributed by atoms with Crippen LogP contribution in [0.4, 0.5) is 0 Å². The maximum absolute atomic E-state index is 12.3. The predicted octanol–water partition coefficient (Wildman–Crippen LogP) is 3.42. The van der Waals surface area contributed by atoms with Gasteiger partial charge in [0.2, 0.25) is 0 Å². The standard InChI is InChI=1S/C16H22O3/c1-4-12-16(13-10-8-7-9-11-13)15(5-2,19-16)14(17)18-6-3/h7-11H,4-6,12H2,1-3H3. The lowest BCUT2D eigenvalue weighted by atomic mass is 9.81. The normalized spacial score (nSPS) is 29.0. The molecule has 0 saturated carbocycles. The summed E-state index contributed by atoms with van der Waals surface area (Å²) in [6.45, 7) is 6.31. The Morgan fingerprint density at radius 1 is 1.21 bits per heavy atom. The van der Waals surface area contributed by atoms with Gasteiger partial charge in [-0.1, -0.05) is 50.6 Å². The molecule has 1 saturated heterocycles. The third-order valence-corrected chi connectivity index (χ3v) is 3.90. The molecular formula is C16H22O3. The van der Waals surface area contributed by atoms with Gasteiger partial charge in [-0.2, -0.15) is 0 Å². The van der Waals surface area contributed by atoms with Gasteiger partial charge in [0.1, 0.15) is 5.60 Å². The third-order valence-electron chi connectivity index (χ3n) is 3.90. The molecule has 0 radical (unpaired) electrons. The molecule has 2 atom stereocenters. The van der Waals surface area contributed by atoms with Crippen LogP contribution in [0.3, 0.4) is 0 Å². The van der Waals surface area contributed by atoms with Crippen LogP contribution in [0, 0.1) is 0 Å². The van der Waals surface area contributed by atoms with Crippen molar-refractivity contribution in [3.8, 4) is 0 Å². The highest BCUT2D eigenvalue weighted by Gasteiger charge is 2.74. The fourth-order valence-electron chi connectivity index (χ4n) is 2.98. The van der Waals surface area contributed by atoms with Crippen LogP contribution in [0.25, 0.3) is 0 Å². The van der Waals surface area contributed by atoms with Crippen molar-refractivity contribution in [3.63, 3.8) is 0 Å². The smallest absolute Gasteiger partial charge is 0.341 e. The summed E-state index contributed by atoms with van der Waals surface area (Å²) in [7, 11) is 0. The van der Waals surface area contributed by atoms with Crippen LogP contribution in [0.2, 0.25) is 0 Å². The highest BCUT2D eigenvalue weighted by atomic mass is 16.7. The Labute approximate surface area is 114 Å². The monoisotopic (exact) mass is 262 g/mol. The molecule has 1 heterocycles. The van der Waals surface area contributed by atoms with Crippen LogP contribution in [-0.4, -0.2) is 18.2 Å². The van der Waals surface area contributed by atoms with E-state index >= 15 is 0 Å². The molecule has 0 aliphatic carbocycles. The van der Waals surface area contributed by atoms with Crippen molar-refractivity contribution in [2.45, 2.75) is 51.2 Å². The quantitative estimate of drug-likeness (QED) is 0.582. The highest BCUT2D eigenvalue weighted by molar-refractivity contribution is 5.85. The van der Waals surface area contributed by atoms with Crippen LogP contribution < -0.4 is 0 Å². The summed E-state index contributed by atoms with van der Waals surface area (Å²) >= 11 is 0. The molecule has 1 fully saturated rings. The molecule has 0 spiro atoms. The second-order valence-electron chi connectivity index (χ2n) is 4.95. The number of hydrogen-bond donors (Lipinski definition) is 0. The van der Waals surface area contributed by atoms with Crippen LogP contribution in [0.5, 0.6) is 0 Å². The lowest BCUT2D eigenvalue weighted by molar-refractivity contribution is -0.149. The van der Waals surface area contributed by atoms with E-state index in [1.807, 2.05) is 44.2 Å². The number of rotatable bonds is 6. The van der Waals surface area contributed by atoms with Gasteiger partial charge in [0.25, 0.3) is 0 Å². The van der Waals surface area contributed by atoms with E-state index in [-0.39, 0.29) is 5.97 Å². The number of esters is 1. The Hall–Kier alpha value is -1.35. The summed E-state index contributed by atoms with van der Waals surface area (Å²) < 4.78 is 11.2. The summed E-state index contributed by atoms with van der Waals surface area (Å²) in [6.07, 6.45) is 2.44. The summed E-state index contributed by atoms with van der Waals surface area (Å²) in [5, 5.41) is 0. The molecule has 0 bridgehead atoms. The summed E-state index contributed by atoms with van der Waals surface area (Å²) in [4.78, 5) is 12.3. The van der Waals surface area contributed by atoms with Gasteiger partial charge in [-0.05, 0) is 25.3 Å². The minimum atomic E-state index is -0.791. The Balaban J connectivity index is 2.36. The van der Waals surface area contributed by atoms with Crippen LogP contribution in [0.1, 0.15) is 45.6 Å². The summed E-state index contributed by atoms with van der Waals surface area (Å²) in [6, 6.07) is 10.0. The van der Waals surface area contributed by atoms with Crippen molar-refractivity contribution >= 4 is 5.97 Å². The minimum absolute atomic E-state index is 0.227. The molecule has 1 aliphatic heterocycles. The fraction of sp³-hybridized carbons (Fsp3) is 0.562. The molecule has 104 valence electrons. The van der Waals surface area contributed by atoms with Crippen molar-refractivity contribution in [2.24, 2.45) is 0 Å². The van der Waals surface area contributed by atoms with Crippen LogP contribution >= 0.6 is 0 Å². The van der Waals surface area contributed by atoms with E-state index in [2.05, 4.69) is 6.92 Å². The molecule has 2 rings (SSSR count). The van der Waals surface area contributed by atoms with Gasteiger partial charge >= 0.3 is 5.97 Å². The van der Waals surface area contributed by atoms with Gasteiger partial charge in [0.05, 0.1) is 6.61 Å². The average Bonchev–Trinajstić information content (AvgIpc) is 3.11. The van der Waals surface area contributed by atoms with E-state index in [0.717, 1.165) is 18.4 Å². The van der Waals surface area contributed by atoms with E-state index in [4.69, 9.17) is 9.47 Å². The first-order valence-corrected chi connectivity index (χ1v) is 7.09. The Kier molecular flexibility index (Phi) is 3.95. The first-order valence-electron chi connectivity index (χ1n) is 7.09. The number of benzene rings is 1. The second-order valence-corrected chi connectivity index (χ2v) is 4.95. The topological polar surface area (TPSA) is 38.8 Å². The second kappa shape index (κ2) is 5.33. The minimum Gasteiger partial charge on any atom is -0.464 e. The van der Waals surface area contributed by atoms with Crippen molar-refractivity contribution < 1.29 is 14.3 Å². The Bertz CT molecular complexity index is 443. The third kappa shape index (κ3) is 2.06. The molecule has 2 unspecified atom stereocenters. The number of hydrogen-bond acceptors (Lipinski definition) is 3. The van der Waals surface area contributed by atoms with E-state index < -0.39 is 11.2 Å². The van der Waals surface area contributed by atoms with Crippen LogP contribution in [-0.2, 0) is 19.9 Å². The number of carbonyl (C=O) groups excluding carboxylic acids is 1. The van der Waals surface area contributed by atoms with Gasteiger partial charge in [0.15, 0.2) is 5.60 Å². The molecular weight excluding hydrogens is 240 g/mol. The highest BCUT2D eigenvalue weighted by Crippen LogP contribution is 2.61. The number of epoxide rings is 1. The Morgan fingerprint density at radius 2 is 1.89 bits per heavy atom. The molecule has 1 aromatic rings. The van der Waals surface area contributed by atoms with Crippen molar-refractivity contribution in [1.82, 2.24) is 0 Å². The van der Waals surface area contributed by atoms with Gasteiger partial charge in [-0.15, -0.1) is 0 Å². The maximum Gasteiger partial charge on any atom is 0.341 e. The predicted molar refractivity (Wildman–Crippen MR) is 73.8 cm³/mol. The first-order chi connectivity index (χ1) is 9.16. The van der Waals surface area contributed by atoms with Crippen molar-refractivity contribution in [1.29, 1.82) is 0 Å². The molecule has 3 nitrogen and oxygen atoms in total. The van der Waals surface area contributed by atoms with Crippen molar-refractivity contribution in [3.05, 3.63) is 35.9 Å². The zero-order valence-electron chi connectivity index (χ0n) is 11.9. The molecule has 19 heavy (non-hydrogen) atoms. The fourth-order valence-corrected chi connectivity index (χ4v) is 2.98. The average molecular weight is 262 g/mol. The van der Waals surface area contributed by atoms with Gasteiger partial charge in [-0.25, -0.2) is 4.79 Å². The summed E-state index contributed by atoms with van der Waals surface area (Å²) in [5.74, 6) is -0.227. The Morgan fingerprint density at radius 3 is 2.42 bits per heavy atom. The first kappa shape index (κ1) is 14.1. The molecule has 0 N–H and O–H groups in total. The maximum atomic E-state index is 12.3. The van der Waals surface area contributed by atoms with Crippen LogP contribution in [0.15, 0.2) is 30.3 Å². The summed E-state index contributed by atoms with van der Waals surface area (Å²) in [5.41, 5.74) is -0.212. The molecule has 0 amide bonds. The van der Waals surface area contributed by atoms with Crippen molar-refractivity contribution in [2.75, 3.05) is 6.61 Å². The van der Waals surface area contributed by atoms with E-state index in [9.17, 15) is 4.79 Å². The van der Waals surface area contributed by atoms with Gasteiger partial charge < -0.3 is 9.47 Å². The number of ether oxygens (including phenoxy) is 2.